The van der Waals surface area contributed by atoms with Crippen LogP contribution in [-0.4, -0.2) is 26.0 Å². The molecule has 0 atom stereocenters. The van der Waals surface area contributed by atoms with Gasteiger partial charge in [-0.05, 0) is 24.3 Å². The van der Waals surface area contributed by atoms with Gasteiger partial charge in [-0.1, -0.05) is 12.1 Å². The summed E-state index contributed by atoms with van der Waals surface area (Å²) in [5, 5.41) is 6.05. The number of carbonyl (C=O) groups excluding carboxylic acids is 2. The summed E-state index contributed by atoms with van der Waals surface area (Å²) >= 11 is 0. The van der Waals surface area contributed by atoms with Crippen LogP contribution in [0.2, 0.25) is 0 Å². The van der Waals surface area contributed by atoms with Crippen molar-refractivity contribution in [3.8, 4) is 11.5 Å². The maximum absolute atomic E-state index is 12.8. The van der Waals surface area contributed by atoms with Crippen molar-refractivity contribution in [3.63, 3.8) is 0 Å². The van der Waals surface area contributed by atoms with Gasteiger partial charge in [0.15, 0.2) is 0 Å². The molecule has 2 amide bonds. The van der Waals surface area contributed by atoms with E-state index in [1.165, 1.54) is 21.1 Å². The molecule has 0 aliphatic carbocycles. The highest BCUT2D eigenvalue weighted by atomic mass is 16.5. The number of rotatable bonds is 5. The molecule has 3 rings (SSSR count). The van der Waals surface area contributed by atoms with E-state index in [1.54, 1.807) is 42.5 Å². The van der Waals surface area contributed by atoms with Gasteiger partial charge in [0, 0.05) is 18.4 Å². The lowest BCUT2D eigenvalue weighted by Crippen LogP contribution is -2.15. The van der Waals surface area contributed by atoms with Crippen LogP contribution in [0.3, 0.4) is 0 Å². The highest BCUT2D eigenvalue weighted by molar-refractivity contribution is 6.14. The molecule has 0 unspecified atom stereocenters. The highest BCUT2D eigenvalue weighted by Gasteiger charge is 2.22. The molecule has 0 aliphatic heterocycles. The van der Waals surface area contributed by atoms with E-state index in [0.717, 1.165) is 0 Å². The Labute approximate surface area is 149 Å². The molecule has 1 heterocycles. The van der Waals surface area contributed by atoms with Crippen LogP contribution in [0.15, 0.2) is 46.9 Å². The standard InChI is InChI=1S/C19H18N2O5/c1-11(22)20-17-13-6-4-5-7-15(13)26-18(17)19(23)21-14-10-12(24-2)8-9-16(14)25-3/h4-10H,1-3H3,(H,20,22)(H,21,23). The van der Waals surface area contributed by atoms with Crippen molar-refractivity contribution in [2.45, 2.75) is 6.92 Å². The topological polar surface area (TPSA) is 89.8 Å². The van der Waals surface area contributed by atoms with Crippen molar-refractivity contribution in [1.82, 2.24) is 0 Å². The van der Waals surface area contributed by atoms with Crippen molar-refractivity contribution >= 4 is 34.2 Å². The summed E-state index contributed by atoms with van der Waals surface area (Å²) in [7, 11) is 3.03. The van der Waals surface area contributed by atoms with Crippen LogP contribution in [0.1, 0.15) is 17.5 Å². The monoisotopic (exact) mass is 354 g/mol. The number of ether oxygens (including phenoxy) is 2. The zero-order valence-corrected chi connectivity index (χ0v) is 14.6. The fourth-order valence-corrected chi connectivity index (χ4v) is 2.60. The SMILES string of the molecule is COc1ccc(OC)c(NC(=O)c2oc3ccccc3c2NC(C)=O)c1. The first-order valence-corrected chi connectivity index (χ1v) is 7.86. The third kappa shape index (κ3) is 3.32. The zero-order chi connectivity index (χ0) is 18.7. The first kappa shape index (κ1) is 17.3. The number of fused-ring (bicyclic) bond motifs is 1. The minimum atomic E-state index is -0.517. The first-order valence-electron chi connectivity index (χ1n) is 7.86. The lowest BCUT2D eigenvalue weighted by Gasteiger charge is -2.11. The van der Waals surface area contributed by atoms with Crippen LogP contribution in [0, 0.1) is 0 Å². The second-order valence-corrected chi connectivity index (χ2v) is 5.50. The fourth-order valence-electron chi connectivity index (χ4n) is 2.60. The van der Waals surface area contributed by atoms with E-state index in [1.807, 2.05) is 0 Å². The number of methoxy groups -OCH3 is 2. The number of benzene rings is 2. The number of furan rings is 1. The Morgan fingerprint density at radius 1 is 1.00 bits per heavy atom. The molecule has 0 saturated heterocycles. The molecule has 3 aromatic rings. The van der Waals surface area contributed by atoms with Gasteiger partial charge in [-0.15, -0.1) is 0 Å². The third-order valence-electron chi connectivity index (χ3n) is 3.76. The summed E-state index contributed by atoms with van der Waals surface area (Å²) in [4.78, 5) is 24.4. The minimum Gasteiger partial charge on any atom is -0.497 e. The molecule has 7 nitrogen and oxygen atoms in total. The predicted octanol–water partition coefficient (Wildman–Crippen LogP) is 3.66. The average Bonchev–Trinajstić information content (AvgIpc) is 3.00. The molecule has 1 aromatic heterocycles. The summed E-state index contributed by atoms with van der Waals surface area (Å²) in [6, 6.07) is 12.1. The molecule has 2 N–H and O–H groups in total. The molecule has 0 spiro atoms. The second kappa shape index (κ2) is 7.18. The van der Waals surface area contributed by atoms with E-state index in [2.05, 4.69) is 10.6 Å². The van der Waals surface area contributed by atoms with E-state index in [4.69, 9.17) is 13.9 Å². The van der Waals surface area contributed by atoms with E-state index in [0.29, 0.717) is 33.8 Å². The number of para-hydroxylation sites is 1. The van der Waals surface area contributed by atoms with Gasteiger partial charge in [0.1, 0.15) is 22.8 Å². The Morgan fingerprint density at radius 2 is 1.77 bits per heavy atom. The third-order valence-corrected chi connectivity index (χ3v) is 3.76. The van der Waals surface area contributed by atoms with Gasteiger partial charge in [-0.2, -0.15) is 0 Å². The molecule has 26 heavy (non-hydrogen) atoms. The smallest absolute Gasteiger partial charge is 0.293 e. The number of anilines is 2. The number of hydrogen-bond acceptors (Lipinski definition) is 5. The summed E-state index contributed by atoms with van der Waals surface area (Å²) in [6.45, 7) is 1.37. The van der Waals surface area contributed by atoms with Crippen LogP contribution in [0.4, 0.5) is 11.4 Å². The normalized spacial score (nSPS) is 10.4. The molecule has 2 aromatic carbocycles. The number of hydrogen-bond donors (Lipinski definition) is 2. The van der Waals surface area contributed by atoms with Crippen LogP contribution in [0.5, 0.6) is 11.5 Å². The van der Waals surface area contributed by atoms with E-state index < -0.39 is 5.91 Å². The Bertz CT molecular complexity index is 977. The second-order valence-electron chi connectivity index (χ2n) is 5.50. The van der Waals surface area contributed by atoms with Crippen molar-refractivity contribution in [1.29, 1.82) is 0 Å². The minimum absolute atomic E-state index is 0.00581. The maximum Gasteiger partial charge on any atom is 0.293 e. The van der Waals surface area contributed by atoms with Crippen LogP contribution in [-0.2, 0) is 4.79 Å². The first-order chi connectivity index (χ1) is 12.5. The molecular weight excluding hydrogens is 336 g/mol. The van der Waals surface area contributed by atoms with Crippen molar-refractivity contribution in [2.75, 3.05) is 24.9 Å². The van der Waals surface area contributed by atoms with E-state index in [9.17, 15) is 9.59 Å². The number of nitrogens with one attached hydrogen (secondary N) is 2. The predicted molar refractivity (Wildman–Crippen MR) is 98.0 cm³/mol. The molecule has 0 aliphatic rings. The quantitative estimate of drug-likeness (QED) is 0.730. The Balaban J connectivity index is 2.01. The zero-order valence-electron chi connectivity index (χ0n) is 14.6. The lowest BCUT2D eigenvalue weighted by atomic mass is 10.2. The van der Waals surface area contributed by atoms with E-state index >= 15 is 0 Å². The van der Waals surface area contributed by atoms with Gasteiger partial charge in [0.25, 0.3) is 5.91 Å². The Morgan fingerprint density at radius 3 is 2.46 bits per heavy atom. The molecule has 0 fully saturated rings. The molecule has 134 valence electrons. The fraction of sp³-hybridized carbons (Fsp3) is 0.158. The van der Waals surface area contributed by atoms with Crippen LogP contribution in [0.25, 0.3) is 11.0 Å². The number of carbonyl (C=O) groups is 2. The Hall–Kier alpha value is -3.48. The van der Waals surface area contributed by atoms with Gasteiger partial charge >= 0.3 is 0 Å². The summed E-state index contributed by atoms with van der Waals surface area (Å²) in [6.07, 6.45) is 0. The van der Waals surface area contributed by atoms with Crippen LogP contribution >= 0.6 is 0 Å². The number of amides is 2. The van der Waals surface area contributed by atoms with Gasteiger partial charge in [-0.3, -0.25) is 9.59 Å². The van der Waals surface area contributed by atoms with Crippen molar-refractivity contribution in [2.24, 2.45) is 0 Å². The maximum atomic E-state index is 12.8. The molecular formula is C19H18N2O5. The van der Waals surface area contributed by atoms with Crippen LogP contribution < -0.4 is 20.1 Å². The van der Waals surface area contributed by atoms with Gasteiger partial charge in [0.05, 0.1) is 19.9 Å². The summed E-state index contributed by atoms with van der Waals surface area (Å²) < 4.78 is 16.1. The average molecular weight is 354 g/mol. The van der Waals surface area contributed by atoms with Gasteiger partial charge < -0.3 is 24.5 Å². The largest absolute Gasteiger partial charge is 0.497 e. The van der Waals surface area contributed by atoms with Gasteiger partial charge in [0.2, 0.25) is 11.7 Å². The highest BCUT2D eigenvalue weighted by Crippen LogP contribution is 2.33. The van der Waals surface area contributed by atoms with Crippen molar-refractivity contribution < 1.29 is 23.5 Å². The van der Waals surface area contributed by atoms with Crippen molar-refractivity contribution in [3.05, 3.63) is 48.2 Å². The van der Waals surface area contributed by atoms with E-state index in [-0.39, 0.29) is 11.7 Å². The molecule has 0 radical (unpaired) electrons. The molecule has 0 bridgehead atoms. The molecule has 0 saturated carbocycles. The summed E-state index contributed by atoms with van der Waals surface area (Å²) in [5.41, 5.74) is 1.25. The summed E-state index contributed by atoms with van der Waals surface area (Å²) in [5.74, 6) is 0.219. The lowest BCUT2D eigenvalue weighted by molar-refractivity contribution is -0.114. The Kier molecular flexibility index (Phi) is 4.79. The molecule has 7 heteroatoms. The van der Waals surface area contributed by atoms with Gasteiger partial charge in [-0.25, -0.2) is 0 Å².